The molecule has 2 atom stereocenters. The Balaban J connectivity index is 2.44. The van der Waals surface area contributed by atoms with Crippen LogP contribution in [0.4, 0.5) is 0 Å². The monoisotopic (exact) mass is 273 g/mol. The van der Waals surface area contributed by atoms with Gasteiger partial charge in [0.25, 0.3) is 0 Å². The molecule has 1 fully saturated rings. The van der Waals surface area contributed by atoms with E-state index < -0.39 is 11.4 Å². The van der Waals surface area contributed by atoms with Crippen LogP contribution in [0.25, 0.3) is 0 Å². The van der Waals surface area contributed by atoms with Crippen molar-refractivity contribution in [2.75, 3.05) is 26.9 Å². The Bertz CT molecular complexity index is 320. The maximum atomic E-state index is 11.7. The molecule has 0 radical (unpaired) electrons. The quantitative estimate of drug-likeness (QED) is 0.670. The van der Waals surface area contributed by atoms with Gasteiger partial charge in [-0.1, -0.05) is 12.8 Å². The van der Waals surface area contributed by atoms with E-state index in [0.717, 1.165) is 12.8 Å². The molecule has 0 aromatic carbocycles. The molecule has 1 aliphatic carbocycles. The molecule has 0 aliphatic heterocycles. The zero-order chi connectivity index (χ0) is 14.3. The van der Waals surface area contributed by atoms with Crippen LogP contribution in [0.2, 0.25) is 0 Å². The fraction of sp³-hybridized carbons (Fsp3) is 0.846. The molecular weight excluding hydrogens is 250 g/mol. The van der Waals surface area contributed by atoms with E-state index in [2.05, 4.69) is 5.32 Å². The van der Waals surface area contributed by atoms with E-state index in [-0.39, 0.29) is 18.6 Å². The summed E-state index contributed by atoms with van der Waals surface area (Å²) < 4.78 is 9.93. The van der Waals surface area contributed by atoms with E-state index in [9.17, 15) is 14.7 Å². The third kappa shape index (κ3) is 4.47. The lowest BCUT2D eigenvalue weighted by molar-refractivity contribution is -0.152. The number of aliphatic carboxylic acids is 1. The number of carbonyl (C=O) groups excluding carboxylic acids is 1. The Labute approximate surface area is 113 Å². The predicted octanol–water partition coefficient (Wildman–Crippen LogP) is 0.799. The van der Waals surface area contributed by atoms with Crippen molar-refractivity contribution >= 4 is 11.9 Å². The Hall–Kier alpha value is -1.14. The molecule has 1 rings (SSSR count). The molecule has 0 saturated heterocycles. The number of hydrogen-bond acceptors (Lipinski definition) is 4. The largest absolute Gasteiger partial charge is 0.481 e. The summed E-state index contributed by atoms with van der Waals surface area (Å²) in [6.45, 7) is 2.43. The Kier molecular flexibility index (Phi) is 6.24. The summed E-state index contributed by atoms with van der Waals surface area (Å²) in [4.78, 5) is 23.1. The van der Waals surface area contributed by atoms with Crippen molar-refractivity contribution in [1.29, 1.82) is 0 Å². The van der Waals surface area contributed by atoms with Crippen LogP contribution >= 0.6 is 0 Å². The number of amides is 1. The van der Waals surface area contributed by atoms with Crippen LogP contribution in [0.3, 0.4) is 0 Å². The van der Waals surface area contributed by atoms with Crippen LogP contribution in [0.5, 0.6) is 0 Å². The maximum Gasteiger partial charge on any atom is 0.311 e. The predicted molar refractivity (Wildman–Crippen MR) is 68.8 cm³/mol. The van der Waals surface area contributed by atoms with E-state index in [1.807, 2.05) is 0 Å². The highest BCUT2D eigenvalue weighted by atomic mass is 16.5. The van der Waals surface area contributed by atoms with Gasteiger partial charge in [-0.15, -0.1) is 0 Å². The number of ether oxygens (including phenoxy) is 2. The minimum atomic E-state index is -0.875. The minimum Gasteiger partial charge on any atom is -0.481 e. The van der Waals surface area contributed by atoms with Gasteiger partial charge in [0, 0.05) is 13.2 Å². The summed E-state index contributed by atoms with van der Waals surface area (Å²) in [6.07, 6.45) is 3.13. The first-order valence-electron chi connectivity index (χ1n) is 6.60. The first-order valence-corrected chi connectivity index (χ1v) is 6.60. The van der Waals surface area contributed by atoms with Crippen molar-refractivity contribution in [1.82, 2.24) is 5.32 Å². The molecule has 6 nitrogen and oxygen atoms in total. The SMILES string of the molecule is COCCOCC(=O)NC1CCCCC1(C)C(=O)O. The van der Waals surface area contributed by atoms with E-state index in [1.165, 1.54) is 0 Å². The van der Waals surface area contributed by atoms with Gasteiger partial charge in [0.1, 0.15) is 6.61 Å². The van der Waals surface area contributed by atoms with Crippen molar-refractivity contribution in [3.63, 3.8) is 0 Å². The highest BCUT2D eigenvalue weighted by molar-refractivity contribution is 5.80. The molecule has 19 heavy (non-hydrogen) atoms. The normalized spacial score (nSPS) is 26.9. The van der Waals surface area contributed by atoms with Crippen molar-refractivity contribution < 1.29 is 24.2 Å². The van der Waals surface area contributed by atoms with E-state index in [4.69, 9.17) is 9.47 Å². The van der Waals surface area contributed by atoms with Gasteiger partial charge >= 0.3 is 5.97 Å². The summed E-state index contributed by atoms with van der Waals surface area (Å²) in [5.74, 6) is -1.12. The second kappa shape index (κ2) is 7.45. The molecule has 6 heteroatoms. The lowest BCUT2D eigenvalue weighted by atomic mass is 9.71. The highest BCUT2D eigenvalue weighted by Crippen LogP contribution is 2.36. The number of nitrogens with one attached hydrogen (secondary N) is 1. The zero-order valence-electron chi connectivity index (χ0n) is 11.6. The number of carbonyl (C=O) groups is 2. The van der Waals surface area contributed by atoms with Crippen molar-refractivity contribution in [2.24, 2.45) is 5.41 Å². The molecule has 0 aromatic rings. The van der Waals surface area contributed by atoms with E-state index in [1.54, 1.807) is 14.0 Å². The first-order chi connectivity index (χ1) is 9.00. The number of hydrogen-bond donors (Lipinski definition) is 2. The molecule has 1 amide bonds. The fourth-order valence-corrected chi connectivity index (χ4v) is 2.36. The lowest BCUT2D eigenvalue weighted by Gasteiger charge is -2.38. The maximum absolute atomic E-state index is 11.7. The summed E-state index contributed by atoms with van der Waals surface area (Å²) in [5, 5.41) is 12.1. The smallest absolute Gasteiger partial charge is 0.311 e. The Morgan fingerprint density at radius 2 is 2.11 bits per heavy atom. The van der Waals surface area contributed by atoms with E-state index in [0.29, 0.717) is 26.1 Å². The van der Waals surface area contributed by atoms with Crippen LogP contribution in [0.15, 0.2) is 0 Å². The summed E-state index contributed by atoms with van der Waals surface area (Å²) in [5.41, 5.74) is -0.875. The second-order valence-corrected chi connectivity index (χ2v) is 5.13. The molecule has 0 spiro atoms. The molecule has 0 bridgehead atoms. The van der Waals surface area contributed by atoms with Gasteiger partial charge < -0.3 is 19.9 Å². The van der Waals surface area contributed by atoms with Crippen LogP contribution in [0, 0.1) is 5.41 Å². The molecule has 2 unspecified atom stereocenters. The number of methoxy groups -OCH3 is 1. The average Bonchev–Trinajstić information content (AvgIpc) is 2.37. The lowest BCUT2D eigenvalue weighted by Crippen LogP contribution is -2.52. The van der Waals surface area contributed by atoms with Crippen LogP contribution < -0.4 is 5.32 Å². The Morgan fingerprint density at radius 1 is 1.37 bits per heavy atom. The Morgan fingerprint density at radius 3 is 2.74 bits per heavy atom. The van der Waals surface area contributed by atoms with Gasteiger partial charge in [-0.25, -0.2) is 0 Å². The van der Waals surface area contributed by atoms with Crippen molar-refractivity contribution in [3.8, 4) is 0 Å². The summed E-state index contributed by atoms with van der Waals surface area (Å²) in [7, 11) is 1.56. The standard InChI is InChI=1S/C13H23NO5/c1-13(12(16)17)6-4-3-5-10(13)14-11(15)9-19-8-7-18-2/h10H,3-9H2,1-2H3,(H,14,15)(H,16,17). The average molecular weight is 273 g/mol. The van der Waals surface area contributed by atoms with Gasteiger partial charge in [0.05, 0.1) is 18.6 Å². The van der Waals surface area contributed by atoms with E-state index >= 15 is 0 Å². The van der Waals surface area contributed by atoms with Gasteiger partial charge in [0.2, 0.25) is 5.91 Å². The topological polar surface area (TPSA) is 84.9 Å². The van der Waals surface area contributed by atoms with Crippen LogP contribution in [0.1, 0.15) is 32.6 Å². The third-order valence-electron chi connectivity index (χ3n) is 3.70. The van der Waals surface area contributed by atoms with Crippen LogP contribution in [-0.4, -0.2) is 50.0 Å². The van der Waals surface area contributed by atoms with Gasteiger partial charge in [0.15, 0.2) is 0 Å². The first kappa shape index (κ1) is 15.9. The molecular formula is C13H23NO5. The van der Waals surface area contributed by atoms with Gasteiger partial charge in [-0.3, -0.25) is 9.59 Å². The molecule has 0 aromatic heterocycles. The summed E-state index contributed by atoms with van der Waals surface area (Å²) in [6, 6.07) is -0.322. The number of carboxylic acids is 1. The molecule has 0 heterocycles. The van der Waals surface area contributed by atoms with Gasteiger partial charge in [-0.2, -0.15) is 0 Å². The minimum absolute atomic E-state index is 0.0600. The number of carboxylic acid groups (broad SMARTS) is 1. The fourth-order valence-electron chi connectivity index (χ4n) is 2.36. The molecule has 1 saturated carbocycles. The molecule has 2 N–H and O–H groups in total. The molecule has 1 aliphatic rings. The van der Waals surface area contributed by atoms with Gasteiger partial charge in [-0.05, 0) is 19.8 Å². The van der Waals surface area contributed by atoms with Crippen molar-refractivity contribution in [3.05, 3.63) is 0 Å². The second-order valence-electron chi connectivity index (χ2n) is 5.13. The number of rotatable bonds is 7. The zero-order valence-corrected chi connectivity index (χ0v) is 11.6. The summed E-state index contributed by atoms with van der Waals surface area (Å²) >= 11 is 0. The van der Waals surface area contributed by atoms with Crippen molar-refractivity contribution in [2.45, 2.75) is 38.6 Å². The third-order valence-corrected chi connectivity index (χ3v) is 3.70. The van der Waals surface area contributed by atoms with Crippen LogP contribution in [-0.2, 0) is 19.1 Å². The highest BCUT2D eigenvalue weighted by Gasteiger charge is 2.43. The molecule has 110 valence electrons.